The van der Waals surface area contributed by atoms with Gasteiger partial charge in [-0.2, -0.15) is 0 Å². The maximum atomic E-state index is 4.05. The highest BCUT2D eigenvalue weighted by Gasteiger charge is 2.12. The van der Waals surface area contributed by atoms with Crippen LogP contribution in [0.25, 0.3) is 11.3 Å². The van der Waals surface area contributed by atoms with Crippen LogP contribution < -0.4 is 4.90 Å². The number of allylic oxidation sites excluding steroid dienone is 2. The molecule has 0 saturated carbocycles. The summed E-state index contributed by atoms with van der Waals surface area (Å²) in [5, 5.41) is 0. The number of rotatable bonds is 5. The molecule has 0 unspecified atom stereocenters. The predicted octanol–water partition coefficient (Wildman–Crippen LogP) is 5.62. The van der Waals surface area contributed by atoms with Crippen LogP contribution in [0.15, 0.2) is 66.7 Å². The summed E-state index contributed by atoms with van der Waals surface area (Å²) in [7, 11) is 4.12. The van der Waals surface area contributed by atoms with Gasteiger partial charge in [0.1, 0.15) is 0 Å². The summed E-state index contributed by atoms with van der Waals surface area (Å²) in [5.74, 6) is 0. The third kappa shape index (κ3) is 3.60. The number of para-hydroxylation sites is 1. The van der Waals surface area contributed by atoms with Crippen molar-refractivity contribution in [1.29, 1.82) is 0 Å². The standard InChI is InChI=1S/C24H27N2/c1-6-20(21-12-14-23(15-13-21)25(4)5)17-22-16-18(2)26(19(22)3)24-10-8-7-9-11-24/h6-16H,1,17H2,2-5H3. The average Bonchev–Trinajstić information content (AvgIpc) is 2.93. The maximum absolute atomic E-state index is 4.05. The van der Waals surface area contributed by atoms with Crippen LogP contribution in [-0.4, -0.2) is 18.7 Å². The van der Waals surface area contributed by atoms with Crippen LogP contribution in [0.4, 0.5) is 5.69 Å². The molecule has 0 aliphatic heterocycles. The van der Waals surface area contributed by atoms with Crippen molar-refractivity contribution in [2.24, 2.45) is 0 Å². The zero-order valence-electron chi connectivity index (χ0n) is 16.2. The third-order valence-electron chi connectivity index (χ3n) is 4.93. The van der Waals surface area contributed by atoms with Crippen LogP contribution in [-0.2, 0) is 6.42 Å². The van der Waals surface area contributed by atoms with E-state index in [0.29, 0.717) is 0 Å². The van der Waals surface area contributed by atoms with Gasteiger partial charge >= 0.3 is 0 Å². The smallest absolute Gasteiger partial charge is 0.0455 e. The quantitative estimate of drug-likeness (QED) is 0.584. The van der Waals surface area contributed by atoms with Gasteiger partial charge in [-0.15, -0.1) is 0 Å². The van der Waals surface area contributed by atoms with Crippen molar-refractivity contribution in [3.05, 3.63) is 96.2 Å². The van der Waals surface area contributed by atoms with Gasteiger partial charge in [-0.1, -0.05) is 36.4 Å². The van der Waals surface area contributed by atoms with Gasteiger partial charge in [0.25, 0.3) is 0 Å². The predicted molar refractivity (Wildman–Crippen MR) is 113 cm³/mol. The molecule has 0 saturated heterocycles. The molecule has 2 aromatic carbocycles. The van der Waals surface area contributed by atoms with E-state index in [2.05, 4.69) is 105 Å². The lowest BCUT2D eigenvalue weighted by molar-refractivity contribution is 0.956. The maximum Gasteiger partial charge on any atom is 0.0455 e. The van der Waals surface area contributed by atoms with E-state index in [0.717, 1.165) is 6.42 Å². The lowest BCUT2D eigenvalue weighted by Gasteiger charge is -2.14. The Kier molecular flexibility index (Phi) is 5.32. The van der Waals surface area contributed by atoms with E-state index in [-0.39, 0.29) is 0 Å². The van der Waals surface area contributed by atoms with Crippen LogP contribution >= 0.6 is 0 Å². The SMILES string of the molecule is [CH2]C=C(Cc1cc(C)n(-c2ccccc2)c1C)c1ccc(N(C)C)cc1. The molecule has 0 fully saturated rings. The molecule has 3 rings (SSSR count). The number of nitrogens with zero attached hydrogens (tertiary/aromatic N) is 2. The zero-order chi connectivity index (χ0) is 18.7. The summed E-state index contributed by atoms with van der Waals surface area (Å²) in [4.78, 5) is 2.12. The molecule has 0 spiro atoms. The molecule has 1 radical (unpaired) electrons. The summed E-state index contributed by atoms with van der Waals surface area (Å²) in [6, 6.07) is 21.5. The largest absolute Gasteiger partial charge is 0.378 e. The molecule has 1 heterocycles. The van der Waals surface area contributed by atoms with Gasteiger partial charge in [-0.25, -0.2) is 0 Å². The first kappa shape index (κ1) is 18.1. The second-order valence-electron chi connectivity index (χ2n) is 6.91. The summed E-state index contributed by atoms with van der Waals surface area (Å²) in [6.45, 7) is 8.42. The van der Waals surface area contributed by atoms with Gasteiger partial charge in [0.15, 0.2) is 0 Å². The summed E-state index contributed by atoms with van der Waals surface area (Å²) >= 11 is 0. The lowest BCUT2D eigenvalue weighted by Crippen LogP contribution is -2.08. The highest BCUT2D eigenvalue weighted by molar-refractivity contribution is 5.70. The molecule has 0 amide bonds. The van der Waals surface area contributed by atoms with E-state index in [1.807, 2.05) is 6.08 Å². The molecule has 1 aromatic heterocycles. The van der Waals surface area contributed by atoms with Gasteiger partial charge in [-0.05, 0) is 74.2 Å². The van der Waals surface area contributed by atoms with Gasteiger partial charge in [0.05, 0.1) is 0 Å². The monoisotopic (exact) mass is 343 g/mol. The highest BCUT2D eigenvalue weighted by Crippen LogP contribution is 2.27. The van der Waals surface area contributed by atoms with E-state index in [1.165, 1.54) is 39.5 Å². The summed E-state index contributed by atoms with van der Waals surface area (Å²) < 4.78 is 2.32. The lowest BCUT2D eigenvalue weighted by atomic mass is 9.98. The van der Waals surface area contributed by atoms with Crippen molar-refractivity contribution < 1.29 is 0 Å². The summed E-state index contributed by atoms with van der Waals surface area (Å²) in [5.41, 5.74) is 8.80. The third-order valence-corrected chi connectivity index (χ3v) is 4.93. The molecule has 0 atom stereocenters. The molecule has 2 nitrogen and oxygen atoms in total. The Morgan fingerprint density at radius 3 is 2.23 bits per heavy atom. The molecule has 0 aliphatic rings. The number of benzene rings is 2. The molecule has 26 heavy (non-hydrogen) atoms. The van der Waals surface area contributed by atoms with E-state index >= 15 is 0 Å². The van der Waals surface area contributed by atoms with Crippen LogP contribution in [0, 0.1) is 20.8 Å². The average molecular weight is 343 g/mol. The molecule has 3 aromatic rings. The van der Waals surface area contributed by atoms with Crippen LogP contribution in [0.2, 0.25) is 0 Å². The van der Waals surface area contributed by atoms with E-state index in [9.17, 15) is 0 Å². The second-order valence-corrected chi connectivity index (χ2v) is 6.91. The molecule has 0 bridgehead atoms. The van der Waals surface area contributed by atoms with Crippen molar-refractivity contribution in [2.45, 2.75) is 20.3 Å². The first-order valence-electron chi connectivity index (χ1n) is 9.00. The molecule has 133 valence electrons. The van der Waals surface area contributed by atoms with Crippen molar-refractivity contribution in [3.8, 4) is 5.69 Å². The Morgan fingerprint density at radius 1 is 1.00 bits per heavy atom. The van der Waals surface area contributed by atoms with Crippen molar-refractivity contribution in [3.63, 3.8) is 0 Å². The van der Waals surface area contributed by atoms with Crippen molar-refractivity contribution in [1.82, 2.24) is 4.57 Å². The second kappa shape index (κ2) is 7.65. The van der Waals surface area contributed by atoms with Crippen LogP contribution in [0.1, 0.15) is 22.5 Å². The number of aromatic nitrogens is 1. The topological polar surface area (TPSA) is 8.17 Å². The zero-order valence-corrected chi connectivity index (χ0v) is 16.2. The molecule has 2 heteroatoms. The number of hydrogen-bond donors (Lipinski definition) is 0. The molecule has 0 N–H and O–H groups in total. The van der Waals surface area contributed by atoms with Crippen LogP contribution in [0.3, 0.4) is 0 Å². The van der Waals surface area contributed by atoms with Crippen molar-refractivity contribution >= 4 is 11.3 Å². The Balaban J connectivity index is 1.90. The minimum Gasteiger partial charge on any atom is -0.378 e. The molecule has 0 aliphatic carbocycles. The molecular formula is C24H27N2. The van der Waals surface area contributed by atoms with E-state index < -0.39 is 0 Å². The Morgan fingerprint density at radius 2 is 1.65 bits per heavy atom. The Bertz CT molecular complexity index is 897. The minimum absolute atomic E-state index is 0.886. The van der Waals surface area contributed by atoms with Crippen LogP contribution in [0.5, 0.6) is 0 Å². The van der Waals surface area contributed by atoms with Gasteiger partial charge < -0.3 is 9.47 Å². The Hall–Kier alpha value is -2.74. The fourth-order valence-electron chi connectivity index (χ4n) is 3.45. The number of aryl methyl sites for hydroxylation is 1. The van der Waals surface area contributed by atoms with Gasteiger partial charge in [-0.3, -0.25) is 0 Å². The minimum atomic E-state index is 0.886. The summed E-state index contributed by atoms with van der Waals surface area (Å²) in [6.07, 6.45) is 2.87. The molecular weight excluding hydrogens is 316 g/mol. The van der Waals surface area contributed by atoms with Crippen molar-refractivity contribution in [2.75, 3.05) is 19.0 Å². The fraction of sp³-hybridized carbons (Fsp3) is 0.208. The highest BCUT2D eigenvalue weighted by atomic mass is 15.1. The Labute approximate surface area is 157 Å². The fourth-order valence-corrected chi connectivity index (χ4v) is 3.45. The first-order valence-corrected chi connectivity index (χ1v) is 9.00. The number of hydrogen-bond acceptors (Lipinski definition) is 1. The van der Waals surface area contributed by atoms with Gasteiger partial charge in [0, 0.05) is 36.9 Å². The van der Waals surface area contributed by atoms with E-state index in [1.54, 1.807) is 0 Å². The number of anilines is 1. The van der Waals surface area contributed by atoms with Gasteiger partial charge in [0.2, 0.25) is 0 Å². The van der Waals surface area contributed by atoms with E-state index in [4.69, 9.17) is 0 Å². The normalized spacial score (nSPS) is 11.7. The first-order chi connectivity index (χ1) is 12.5.